The van der Waals surface area contributed by atoms with E-state index in [1.165, 1.54) is 0 Å². The van der Waals surface area contributed by atoms with Crippen LogP contribution in [0.5, 0.6) is 0 Å². The molecule has 2 aliphatic heterocycles. The number of nitrogens with zero attached hydrogens (tertiary/aromatic N) is 2. The van der Waals surface area contributed by atoms with Crippen LogP contribution in [0, 0.1) is 22.7 Å². The first-order valence-corrected chi connectivity index (χ1v) is 11.9. The fraction of sp³-hybridized carbons (Fsp3) is 0.462. The van der Waals surface area contributed by atoms with Gasteiger partial charge < -0.3 is 4.74 Å². The van der Waals surface area contributed by atoms with Crippen molar-refractivity contribution in [3.05, 3.63) is 57.0 Å². The van der Waals surface area contributed by atoms with Gasteiger partial charge in [-0.05, 0) is 28.5 Å². The number of hydrogen-bond acceptors (Lipinski definition) is 5. The smallest absolute Gasteiger partial charge is 0.163 e. The molecule has 0 unspecified atom stereocenters. The van der Waals surface area contributed by atoms with E-state index in [-0.39, 0.29) is 28.3 Å². The van der Waals surface area contributed by atoms with Crippen molar-refractivity contribution in [1.82, 2.24) is 0 Å². The average Bonchev–Trinajstić information content (AvgIpc) is 3.14. The van der Waals surface area contributed by atoms with Crippen molar-refractivity contribution in [1.29, 1.82) is 0 Å². The van der Waals surface area contributed by atoms with E-state index in [0.717, 1.165) is 27.3 Å². The second-order valence-electron chi connectivity index (χ2n) is 10.9. The van der Waals surface area contributed by atoms with E-state index in [1.54, 1.807) is 6.21 Å². The number of ketones is 2. The summed E-state index contributed by atoms with van der Waals surface area (Å²) in [5, 5.41) is 8.68. The fourth-order valence-corrected chi connectivity index (χ4v) is 5.77. The molecule has 2 aliphatic carbocycles. The van der Waals surface area contributed by atoms with Crippen LogP contribution in [0.25, 0.3) is 0 Å². The normalized spacial score (nSPS) is 26.7. The van der Waals surface area contributed by atoms with Crippen molar-refractivity contribution in [3.63, 3.8) is 0 Å². The standard InChI is InChI=1S/C26H27BrN2O3/c1-25(2)9-17(30)22-19(11-25)32-20-12-26(3,4)10-18(31)23(20)21(22)16-13-28-29-24(16)14-5-7-15(27)8-6-14/h5-8,13,16,21H,9-12H2,1-4H3/t16-/m1/s1. The Labute approximate surface area is 196 Å². The zero-order valence-electron chi connectivity index (χ0n) is 18.9. The number of ether oxygens (including phenoxy) is 1. The zero-order valence-corrected chi connectivity index (χ0v) is 20.5. The van der Waals surface area contributed by atoms with E-state index in [2.05, 4.69) is 53.8 Å². The van der Waals surface area contributed by atoms with Crippen LogP contribution in [0.3, 0.4) is 0 Å². The van der Waals surface area contributed by atoms with Crippen LogP contribution in [0.1, 0.15) is 58.9 Å². The molecule has 0 N–H and O–H groups in total. The van der Waals surface area contributed by atoms with Gasteiger partial charge in [0.1, 0.15) is 11.5 Å². The van der Waals surface area contributed by atoms with E-state index in [9.17, 15) is 9.59 Å². The van der Waals surface area contributed by atoms with Gasteiger partial charge in [-0.1, -0.05) is 55.8 Å². The largest absolute Gasteiger partial charge is 0.465 e. The molecule has 1 aromatic carbocycles. The molecule has 166 valence electrons. The van der Waals surface area contributed by atoms with Gasteiger partial charge in [-0.15, -0.1) is 0 Å². The predicted octanol–water partition coefficient (Wildman–Crippen LogP) is 5.79. The SMILES string of the molecule is CC1(C)CC(=O)C2=C(C1)OC1=C(C(=O)CC(C)(C)C1)C2[C@H]1C=NN=C1c1ccc(Br)cc1. The summed E-state index contributed by atoms with van der Waals surface area (Å²) in [6.07, 6.45) is 4.06. The van der Waals surface area contributed by atoms with E-state index >= 15 is 0 Å². The van der Waals surface area contributed by atoms with Crippen LogP contribution in [0.4, 0.5) is 0 Å². The molecular formula is C26H27BrN2O3. The molecule has 6 heteroatoms. The highest BCUT2D eigenvalue weighted by atomic mass is 79.9. The Morgan fingerprint density at radius 1 is 0.875 bits per heavy atom. The second kappa shape index (κ2) is 7.34. The molecule has 4 aliphatic rings. The van der Waals surface area contributed by atoms with Gasteiger partial charge in [-0.25, -0.2) is 0 Å². The fourth-order valence-electron chi connectivity index (χ4n) is 5.50. The molecule has 1 atom stereocenters. The summed E-state index contributed by atoms with van der Waals surface area (Å²) in [7, 11) is 0. The van der Waals surface area contributed by atoms with Gasteiger partial charge >= 0.3 is 0 Å². The Morgan fingerprint density at radius 2 is 1.41 bits per heavy atom. The third-order valence-electron chi connectivity index (χ3n) is 6.83. The molecule has 1 aromatic rings. The maximum Gasteiger partial charge on any atom is 0.163 e. The van der Waals surface area contributed by atoms with Crippen LogP contribution in [0.15, 0.2) is 61.6 Å². The molecule has 0 saturated carbocycles. The maximum atomic E-state index is 13.4. The first-order chi connectivity index (χ1) is 15.0. The minimum absolute atomic E-state index is 0.0703. The Hall–Kier alpha value is -2.34. The first kappa shape index (κ1) is 21.5. The molecule has 0 saturated heterocycles. The molecule has 5 rings (SSSR count). The molecule has 5 nitrogen and oxygen atoms in total. The summed E-state index contributed by atoms with van der Waals surface area (Å²) in [6, 6.07) is 7.92. The summed E-state index contributed by atoms with van der Waals surface area (Å²) in [5.74, 6) is 0.939. The molecule has 0 radical (unpaired) electrons. The predicted molar refractivity (Wildman–Crippen MR) is 127 cm³/mol. The molecule has 0 bridgehead atoms. The van der Waals surface area contributed by atoms with Crippen LogP contribution in [-0.4, -0.2) is 23.5 Å². The lowest BCUT2D eigenvalue weighted by atomic mass is 9.63. The number of halogens is 1. The van der Waals surface area contributed by atoms with Crippen LogP contribution >= 0.6 is 15.9 Å². The van der Waals surface area contributed by atoms with Gasteiger partial charge in [0.15, 0.2) is 11.6 Å². The second-order valence-corrected chi connectivity index (χ2v) is 11.8. The van der Waals surface area contributed by atoms with Crippen molar-refractivity contribution in [2.24, 2.45) is 32.9 Å². The van der Waals surface area contributed by atoms with Gasteiger partial charge in [0.2, 0.25) is 0 Å². The molecule has 0 spiro atoms. The van der Waals surface area contributed by atoms with Gasteiger partial charge in [-0.3, -0.25) is 9.59 Å². The van der Waals surface area contributed by atoms with E-state index in [1.807, 2.05) is 24.3 Å². The highest BCUT2D eigenvalue weighted by Crippen LogP contribution is 2.52. The molecule has 2 heterocycles. The summed E-state index contributed by atoms with van der Waals surface area (Å²) < 4.78 is 7.36. The minimum Gasteiger partial charge on any atom is -0.465 e. The molecular weight excluding hydrogens is 468 g/mol. The average molecular weight is 495 g/mol. The molecule has 0 amide bonds. The van der Waals surface area contributed by atoms with Crippen molar-refractivity contribution in [2.45, 2.75) is 53.4 Å². The first-order valence-electron chi connectivity index (χ1n) is 11.1. The van der Waals surface area contributed by atoms with Gasteiger partial charge in [-0.2, -0.15) is 10.2 Å². The van der Waals surface area contributed by atoms with Gasteiger partial charge in [0.05, 0.1) is 11.6 Å². The minimum atomic E-state index is -0.394. The third kappa shape index (κ3) is 3.62. The Balaban J connectivity index is 1.66. The van der Waals surface area contributed by atoms with Gasteiger partial charge in [0.25, 0.3) is 0 Å². The van der Waals surface area contributed by atoms with Crippen molar-refractivity contribution < 1.29 is 14.3 Å². The lowest BCUT2D eigenvalue weighted by molar-refractivity contribution is -0.121. The van der Waals surface area contributed by atoms with E-state index in [4.69, 9.17) is 4.74 Å². The topological polar surface area (TPSA) is 68.1 Å². The number of benzene rings is 1. The highest BCUT2D eigenvalue weighted by molar-refractivity contribution is 9.10. The summed E-state index contributed by atoms with van der Waals surface area (Å²) in [6.45, 7) is 8.38. The van der Waals surface area contributed by atoms with Crippen LogP contribution in [0.2, 0.25) is 0 Å². The Kier molecular flexibility index (Phi) is 4.93. The molecule has 0 aromatic heterocycles. The van der Waals surface area contributed by atoms with E-state index < -0.39 is 5.92 Å². The van der Waals surface area contributed by atoms with Crippen LogP contribution in [-0.2, 0) is 14.3 Å². The van der Waals surface area contributed by atoms with Gasteiger partial charge in [0, 0.05) is 53.4 Å². The zero-order chi connectivity index (χ0) is 22.8. The highest BCUT2D eigenvalue weighted by Gasteiger charge is 2.50. The Morgan fingerprint density at radius 3 is 1.94 bits per heavy atom. The van der Waals surface area contributed by atoms with Crippen molar-refractivity contribution >= 4 is 39.4 Å². The number of carbonyl (C=O) groups is 2. The number of hydrogen-bond donors (Lipinski definition) is 0. The van der Waals surface area contributed by atoms with Crippen molar-refractivity contribution in [3.8, 4) is 0 Å². The summed E-state index contributed by atoms with van der Waals surface area (Å²) in [5.41, 5.74) is 2.70. The van der Waals surface area contributed by atoms with Crippen molar-refractivity contribution in [2.75, 3.05) is 0 Å². The number of Topliss-reactive ketones (excluding diaryl/α,β-unsaturated/α-hetero) is 2. The number of carbonyl (C=O) groups excluding carboxylic acids is 2. The lowest BCUT2D eigenvalue weighted by Crippen LogP contribution is -2.42. The summed E-state index contributed by atoms with van der Waals surface area (Å²) >= 11 is 3.48. The summed E-state index contributed by atoms with van der Waals surface area (Å²) in [4.78, 5) is 26.9. The lowest BCUT2D eigenvalue weighted by Gasteiger charge is -2.43. The number of allylic oxidation sites excluding steroid dienone is 4. The third-order valence-corrected chi connectivity index (χ3v) is 7.36. The number of rotatable bonds is 2. The molecule has 32 heavy (non-hydrogen) atoms. The van der Waals surface area contributed by atoms with Crippen LogP contribution < -0.4 is 0 Å². The Bertz CT molecular complexity index is 1100. The quantitative estimate of drug-likeness (QED) is 0.522. The van der Waals surface area contributed by atoms with E-state index in [0.29, 0.717) is 36.8 Å². The maximum absolute atomic E-state index is 13.4. The molecule has 0 fully saturated rings. The monoisotopic (exact) mass is 494 g/mol.